The van der Waals surface area contributed by atoms with E-state index < -0.39 is 0 Å². The number of halogens is 2. The van der Waals surface area contributed by atoms with Gasteiger partial charge in [0.05, 0.1) is 32.5 Å². The highest BCUT2D eigenvalue weighted by atomic mass is 35.5. The van der Waals surface area contributed by atoms with Crippen molar-refractivity contribution < 1.29 is 9.59 Å². The van der Waals surface area contributed by atoms with Gasteiger partial charge in [0.2, 0.25) is 0 Å². The summed E-state index contributed by atoms with van der Waals surface area (Å²) >= 11 is 12.0. The smallest absolute Gasteiger partial charge is 0.254 e. The standard InChI is InChI=1S/C22H20Cl2N4O2/c1-13-14(2)26-20-12-16(4-6-19(20)25-13)22(30)28-9-7-27(8-10-28)21(29)15-3-5-17(23)18(24)11-15/h3-6,11-12H,7-10H2,1-2H3. The van der Waals surface area contributed by atoms with Crippen LogP contribution >= 0.6 is 23.2 Å². The molecule has 0 spiro atoms. The molecule has 0 radical (unpaired) electrons. The Morgan fingerprint density at radius 1 is 0.733 bits per heavy atom. The normalized spacial score (nSPS) is 14.3. The monoisotopic (exact) mass is 442 g/mol. The second kappa shape index (κ2) is 8.20. The van der Waals surface area contributed by atoms with Gasteiger partial charge in [0.25, 0.3) is 11.8 Å². The van der Waals surface area contributed by atoms with E-state index in [4.69, 9.17) is 23.2 Å². The van der Waals surface area contributed by atoms with E-state index in [1.54, 1.807) is 40.1 Å². The van der Waals surface area contributed by atoms with Gasteiger partial charge in [-0.15, -0.1) is 0 Å². The van der Waals surface area contributed by atoms with Gasteiger partial charge in [-0.2, -0.15) is 0 Å². The molecule has 1 aliphatic heterocycles. The summed E-state index contributed by atoms with van der Waals surface area (Å²) in [5, 5.41) is 0.759. The lowest BCUT2D eigenvalue weighted by Gasteiger charge is -2.35. The van der Waals surface area contributed by atoms with Crippen molar-refractivity contribution in [2.75, 3.05) is 26.2 Å². The Balaban J connectivity index is 1.45. The molecule has 1 saturated heterocycles. The summed E-state index contributed by atoms with van der Waals surface area (Å²) in [7, 11) is 0. The van der Waals surface area contributed by atoms with Crippen molar-refractivity contribution in [3.63, 3.8) is 0 Å². The minimum atomic E-state index is -0.118. The predicted octanol–water partition coefficient (Wildman–Crippen LogP) is 4.15. The lowest BCUT2D eigenvalue weighted by atomic mass is 10.1. The first kappa shape index (κ1) is 20.6. The number of carbonyl (C=O) groups excluding carboxylic acids is 2. The van der Waals surface area contributed by atoms with E-state index in [0.717, 1.165) is 16.9 Å². The molecule has 2 heterocycles. The van der Waals surface area contributed by atoms with Gasteiger partial charge in [-0.25, -0.2) is 9.97 Å². The molecule has 2 amide bonds. The first-order valence-corrected chi connectivity index (χ1v) is 10.4. The third-order valence-corrected chi connectivity index (χ3v) is 6.08. The number of nitrogens with zero attached hydrogens (tertiary/aromatic N) is 4. The fraction of sp³-hybridized carbons (Fsp3) is 0.273. The third kappa shape index (κ3) is 3.98. The molecule has 3 aromatic rings. The maximum Gasteiger partial charge on any atom is 0.254 e. The Morgan fingerprint density at radius 3 is 1.80 bits per heavy atom. The van der Waals surface area contributed by atoms with Crippen LogP contribution in [0.1, 0.15) is 32.1 Å². The lowest BCUT2D eigenvalue weighted by Crippen LogP contribution is -2.50. The SMILES string of the molecule is Cc1nc2ccc(C(=O)N3CCN(C(=O)c4ccc(Cl)c(Cl)c4)CC3)cc2nc1C. The van der Waals surface area contributed by atoms with E-state index in [1.807, 2.05) is 19.9 Å². The van der Waals surface area contributed by atoms with Crippen molar-refractivity contribution in [1.29, 1.82) is 0 Å². The van der Waals surface area contributed by atoms with Crippen LogP contribution in [0.2, 0.25) is 10.0 Å². The lowest BCUT2D eigenvalue weighted by molar-refractivity contribution is 0.0535. The van der Waals surface area contributed by atoms with Crippen molar-refractivity contribution in [3.8, 4) is 0 Å². The number of rotatable bonds is 2. The molecular weight excluding hydrogens is 423 g/mol. The molecule has 8 heteroatoms. The summed E-state index contributed by atoms with van der Waals surface area (Å²) in [5.41, 5.74) is 4.27. The van der Waals surface area contributed by atoms with Crippen LogP contribution in [0, 0.1) is 13.8 Å². The highest BCUT2D eigenvalue weighted by Crippen LogP contribution is 2.24. The van der Waals surface area contributed by atoms with Crippen molar-refractivity contribution in [3.05, 3.63) is 69.0 Å². The number of benzene rings is 2. The van der Waals surface area contributed by atoms with Crippen LogP contribution in [0.4, 0.5) is 0 Å². The van der Waals surface area contributed by atoms with E-state index in [1.165, 1.54) is 0 Å². The van der Waals surface area contributed by atoms with Gasteiger partial charge in [-0.3, -0.25) is 9.59 Å². The van der Waals surface area contributed by atoms with E-state index in [9.17, 15) is 9.59 Å². The van der Waals surface area contributed by atoms with Crippen LogP contribution in [-0.2, 0) is 0 Å². The molecule has 0 atom stereocenters. The van der Waals surface area contributed by atoms with Crippen LogP contribution in [0.5, 0.6) is 0 Å². The molecule has 0 bridgehead atoms. The van der Waals surface area contributed by atoms with Gasteiger partial charge in [0.15, 0.2) is 0 Å². The Morgan fingerprint density at radius 2 is 1.23 bits per heavy atom. The molecular formula is C22H20Cl2N4O2. The number of aromatic nitrogens is 2. The topological polar surface area (TPSA) is 66.4 Å². The Labute approximate surface area is 184 Å². The van der Waals surface area contributed by atoms with Gasteiger partial charge in [-0.05, 0) is 50.2 Å². The summed E-state index contributed by atoms with van der Waals surface area (Å²) in [6.45, 7) is 5.65. The molecule has 0 N–H and O–H groups in total. The molecule has 154 valence electrons. The number of fused-ring (bicyclic) bond motifs is 1. The molecule has 1 aromatic heterocycles. The van der Waals surface area contributed by atoms with E-state index >= 15 is 0 Å². The van der Waals surface area contributed by atoms with E-state index in [0.29, 0.717) is 52.9 Å². The summed E-state index contributed by atoms with van der Waals surface area (Å²) in [5.74, 6) is -0.189. The number of hydrogen-bond donors (Lipinski definition) is 0. The fourth-order valence-corrected chi connectivity index (χ4v) is 3.77. The predicted molar refractivity (Wildman–Crippen MR) is 117 cm³/mol. The minimum Gasteiger partial charge on any atom is -0.335 e. The molecule has 30 heavy (non-hydrogen) atoms. The Kier molecular flexibility index (Phi) is 5.62. The summed E-state index contributed by atoms with van der Waals surface area (Å²) in [4.78, 5) is 38.2. The molecule has 0 aliphatic carbocycles. The van der Waals surface area contributed by atoms with E-state index in [2.05, 4.69) is 9.97 Å². The highest BCUT2D eigenvalue weighted by molar-refractivity contribution is 6.42. The Hall–Kier alpha value is -2.70. The summed E-state index contributed by atoms with van der Waals surface area (Å²) < 4.78 is 0. The second-order valence-electron chi connectivity index (χ2n) is 7.31. The largest absolute Gasteiger partial charge is 0.335 e. The van der Waals surface area contributed by atoms with Gasteiger partial charge < -0.3 is 9.80 Å². The molecule has 0 saturated carbocycles. The zero-order valence-electron chi connectivity index (χ0n) is 16.7. The minimum absolute atomic E-state index is 0.0708. The number of amides is 2. The molecule has 1 aliphatic rings. The summed E-state index contributed by atoms with van der Waals surface area (Å²) in [6, 6.07) is 10.2. The average Bonchev–Trinajstić information content (AvgIpc) is 2.75. The van der Waals surface area contributed by atoms with Crippen LogP contribution in [0.3, 0.4) is 0 Å². The third-order valence-electron chi connectivity index (χ3n) is 5.34. The van der Waals surface area contributed by atoms with Crippen LogP contribution in [0.15, 0.2) is 36.4 Å². The number of hydrogen-bond acceptors (Lipinski definition) is 4. The zero-order valence-corrected chi connectivity index (χ0v) is 18.2. The maximum atomic E-state index is 13.0. The number of carbonyl (C=O) groups is 2. The number of aryl methyl sites for hydroxylation is 2. The average molecular weight is 443 g/mol. The van der Waals surface area contributed by atoms with Gasteiger partial charge >= 0.3 is 0 Å². The van der Waals surface area contributed by atoms with Crippen molar-refractivity contribution in [2.24, 2.45) is 0 Å². The highest BCUT2D eigenvalue weighted by Gasteiger charge is 2.26. The first-order chi connectivity index (χ1) is 14.3. The van der Waals surface area contributed by atoms with Crippen LogP contribution in [0.25, 0.3) is 11.0 Å². The summed E-state index contributed by atoms with van der Waals surface area (Å²) in [6.07, 6.45) is 0. The molecule has 6 nitrogen and oxygen atoms in total. The second-order valence-corrected chi connectivity index (χ2v) is 8.13. The van der Waals surface area contributed by atoms with Crippen LogP contribution in [-0.4, -0.2) is 57.8 Å². The first-order valence-electron chi connectivity index (χ1n) is 9.62. The molecule has 0 unspecified atom stereocenters. The van der Waals surface area contributed by atoms with E-state index in [-0.39, 0.29) is 11.8 Å². The number of piperazine rings is 1. The van der Waals surface area contributed by atoms with Gasteiger partial charge in [0, 0.05) is 37.3 Å². The van der Waals surface area contributed by atoms with Crippen molar-refractivity contribution in [1.82, 2.24) is 19.8 Å². The quantitative estimate of drug-likeness (QED) is 0.597. The fourth-order valence-electron chi connectivity index (χ4n) is 3.47. The molecule has 1 fully saturated rings. The molecule has 4 rings (SSSR count). The zero-order chi connectivity index (χ0) is 21.4. The van der Waals surface area contributed by atoms with Crippen molar-refractivity contribution in [2.45, 2.75) is 13.8 Å². The van der Waals surface area contributed by atoms with Gasteiger partial charge in [-0.1, -0.05) is 23.2 Å². The molecule has 2 aromatic carbocycles. The van der Waals surface area contributed by atoms with Crippen LogP contribution < -0.4 is 0 Å². The maximum absolute atomic E-state index is 13.0. The van der Waals surface area contributed by atoms with Crippen molar-refractivity contribution >= 4 is 46.0 Å². The Bertz CT molecular complexity index is 1160. The van der Waals surface area contributed by atoms with Gasteiger partial charge in [0.1, 0.15) is 0 Å².